The lowest BCUT2D eigenvalue weighted by atomic mass is 10.1. The molecule has 0 saturated heterocycles. The molecule has 2 N–H and O–H groups in total. The van der Waals surface area contributed by atoms with Crippen molar-refractivity contribution in [1.82, 2.24) is 14.9 Å². The number of ether oxygens (including phenoxy) is 1. The summed E-state index contributed by atoms with van der Waals surface area (Å²) in [6, 6.07) is 4.99. The molecule has 2 rings (SSSR count). The number of H-pyrrole nitrogens is 1. The van der Waals surface area contributed by atoms with Crippen molar-refractivity contribution in [3.8, 4) is 0 Å². The van der Waals surface area contributed by atoms with Crippen molar-refractivity contribution in [2.24, 2.45) is 0 Å². The Bertz CT molecular complexity index is 826. The topological polar surface area (TPSA) is 76.1 Å². The van der Waals surface area contributed by atoms with Crippen LogP contribution in [0.3, 0.4) is 0 Å². The number of aromatic nitrogens is 2. The minimum atomic E-state index is -0.180. The lowest BCUT2D eigenvalue weighted by Gasteiger charge is -2.09. The lowest BCUT2D eigenvalue weighted by Crippen LogP contribution is -2.26. The predicted molar refractivity (Wildman–Crippen MR) is 97.1 cm³/mol. The SMILES string of the molecule is CCCCCNC(=O)c1ccc2c(=O)n(CCOC)c(=S)[nH]c2c1. The predicted octanol–water partition coefficient (Wildman–Crippen LogP) is 2.63. The molecule has 2 aromatic rings. The Hall–Kier alpha value is -1.99. The fraction of sp³-hybridized carbons (Fsp3) is 0.471. The summed E-state index contributed by atoms with van der Waals surface area (Å²) in [6.45, 7) is 3.56. The van der Waals surface area contributed by atoms with Crippen LogP contribution in [0, 0.1) is 4.77 Å². The molecule has 24 heavy (non-hydrogen) atoms. The van der Waals surface area contributed by atoms with Gasteiger partial charge in [0, 0.05) is 19.2 Å². The van der Waals surface area contributed by atoms with E-state index in [2.05, 4.69) is 17.2 Å². The van der Waals surface area contributed by atoms with E-state index in [0.717, 1.165) is 19.3 Å². The van der Waals surface area contributed by atoms with E-state index >= 15 is 0 Å². The monoisotopic (exact) mass is 349 g/mol. The zero-order valence-corrected chi connectivity index (χ0v) is 14.9. The van der Waals surface area contributed by atoms with E-state index in [1.807, 2.05) is 0 Å². The van der Waals surface area contributed by atoms with Crippen LogP contribution in [0.15, 0.2) is 23.0 Å². The second-order valence-electron chi connectivity index (χ2n) is 5.60. The lowest BCUT2D eigenvalue weighted by molar-refractivity contribution is 0.0953. The number of hydrogen-bond acceptors (Lipinski definition) is 4. The van der Waals surface area contributed by atoms with Gasteiger partial charge in [0.1, 0.15) is 0 Å². The van der Waals surface area contributed by atoms with Crippen LogP contribution in [0.5, 0.6) is 0 Å². The van der Waals surface area contributed by atoms with Crippen LogP contribution in [-0.4, -0.2) is 35.7 Å². The number of benzene rings is 1. The maximum absolute atomic E-state index is 12.5. The van der Waals surface area contributed by atoms with Crippen molar-refractivity contribution in [3.63, 3.8) is 0 Å². The van der Waals surface area contributed by atoms with E-state index in [1.165, 1.54) is 4.57 Å². The quantitative estimate of drug-likeness (QED) is 0.567. The molecular weight excluding hydrogens is 326 g/mol. The van der Waals surface area contributed by atoms with E-state index in [-0.39, 0.29) is 11.5 Å². The van der Waals surface area contributed by atoms with Crippen LogP contribution in [0.4, 0.5) is 0 Å². The molecule has 0 fully saturated rings. The highest BCUT2D eigenvalue weighted by atomic mass is 32.1. The molecule has 1 amide bonds. The first kappa shape index (κ1) is 18.4. The molecule has 0 unspecified atom stereocenters. The van der Waals surface area contributed by atoms with E-state index < -0.39 is 0 Å². The number of unbranched alkanes of at least 4 members (excludes halogenated alkanes) is 2. The normalized spacial score (nSPS) is 10.9. The van der Waals surface area contributed by atoms with Crippen molar-refractivity contribution < 1.29 is 9.53 Å². The van der Waals surface area contributed by atoms with Crippen LogP contribution >= 0.6 is 12.2 Å². The van der Waals surface area contributed by atoms with Gasteiger partial charge < -0.3 is 15.0 Å². The summed E-state index contributed by atoms with van der Waals surface area (Å²) in [4.78, 5) is 27.7. The van der Waals surface area contributed by atoms with Crippen LogP contribution in [-0.2, 0) is 11.3 Å². The highest BCUT2D eigenvalue weighted by Crippen LogP contribution is 2.11. The van der Waals surface area contributed by atoms with Gasteiger partial charge in [0.2, 0.25) is 0 Å². The van der Waals surface area contributed by atoms with Crippen LogP contribution < -0.4 is 10.9 Å². The molecule has 0 spiro atoms. The first-order valence-electron chi connectivity index (χ1n) is 8.12. The number of methoxy groups -OCH3 is 1. The van der Waals surface area contributed by atoms with E-state index in [4.69, 9.17) is 17.0 Å². The second kappa shape index (κ2) is 8.75. The van der Waals surface area contributed by atoms with Gasteiger partial charge in [-0.15, -0.1) is 0 Å². The fourth-order valence-corrected chi connectivity index (χ4v) is 2.74. The number of aromatic amines is 1. The Kier molecular flexibility index (Phi) is 6.69. The molecule has 130 valence electrons. The third-order valence-corrected chi connectivity index (χ3v) is 4.15. The number of nitrogens with one attached hydrogen (secondary N) is 2. The fourth-order valence-electron chi connectivity index (χ4n) is 2.46. The van der Waals surface area contributed by atoms with Gasteiger partial charge in [0.05, 0.1) is 24.1 Å². The Balaban J connectivity index is 2.27. The number of carbonyl (C=O) groups excluding carboxylic acids is 1. The third kappa shape index (κ3) is 4.30. The molecule has 0 radical (unpaired) electrons. The summed E-state index contributed by atoms with van der Waals surface area (Å²) in [5.41, 5.74) is 0.902. The van der Waals surface area contributed by atoms with Crippen molar-refractivity contribution in [2.75, 3.05) is 20.3 Å². The average Bonchev–Trinajstić information content (AvgIpc) is 2.58. The van der Waals surface area contributed by atoms with Crippen LogP contribution in [0.25, 0.3) is 10.9 Å². The summed E-state index contributed by atoms with van der Waals surface area (Å²) < 4.78 is 6.79. The maximum atomic E-state index is 12.5. The first-order valence-corrected chi connectivity index (χ1v) is 8.53. The molecule has 0 bridgehead atoms. The molecule has 7 heteroatoms. The van der Waals surface area contributed by atoms with Gasteiger partial charge in [0.15, 0.2) is 4.77 Å². The van der Waals surface area contributed by atoms with Gasteiger partial charge in [-0.25, -0.2) is 0 Å². The standard InChI is InChI=1S/C17H23N3O3S/c1-3-4-5-8-18-15(21)12-6-7-13-14(11-12)19-17(24)20(16(13)22)9-10-23-2/h6-7,11H,3-5,8-10H2,1-2H3,(H,18,21)(H,19,24). The summed E-state index contributed by atoms with van der Waals surface area (Å²) >= 11 is 5.24. The largest absolute Gasteiger partial charge is 0.383 e. The molecule has 0 atom stereocenters. The Morgan fingerprint density at radius 3 is 2.88 bits per heavy atom. The Labute approximate surface area is 145 Å². The molecule has 1 aromatic carbocycles. The Morgan fingerprint density at radius 2 is 2.17 bits per heavy atom. The van der Waals surface area contributed by atoms with Gasteiger partial charge in [0.25, 0.3) is 11.5 Å². The molecular formula is C17H23N3O3S. The molecule has 6 nitrogen and oxygen atoms in total. The van der Waals surface area contributed by atoms with Crippen molar-refractivity contribution in [1.29, 1.82) is 0 Å². The minimum Gasteiger partial charge on any atom is -0.383 e. The number of nitrogens with zero attached hydrogens (tertiary/aromatic N) is 1. The van der Waals surface area contributed by atoms with Crippen LogP contribution in [0.1, 0.15) is 36.5 Å². The average molecular weight is 349 g/mol. The number of amides is 1. The molecule has 1 aromatic heterocycles. The number of carbonyl (C=O) groups is 1. The second-order valence-corrected chi connectivity index (χ2v) is 5.99. The van der Waals surface area contributed by atoms with E-state index in [0.29, 0.717) is 40.9 Å². The highest BCUT2D eigenvalue weighted by molar-refractivity contribution is 7.71. The smallest absolute Gasteiger partial charge is 0.262 e. The molecule has 0 aliphatic heterocycles. The van der Waals surface area contributed by atoms with Crippen molar-refractivity contribution in [3.05, 3.63) is 38.9 Å². The zero-order valence-electron chi connectivity index (χ0n) is 14.1. The van der Waals surface area contributed by atoms with Crippen molar-refractivity contribution >= 4 is 29.0 Å². The number of hydrogen-bond donors (Lipinski definition) is 2. The van der Waals surface area contributed by atoms with Crippen molar-refractivity contribution in [2.45, 2.75) is 32.7 Å². The number of fused-ring (bicyclic) bond motifs is 1. The molecule has 0 aliphatic rings. The summed E-state index contributed by atoms with van der Waals surface area (Å²) in [5.74, 6) is -0.143. The number of rotatable bonds is 8. The minimum absolute atomic E-state index is 0.143. The van der Waals surface area contributed by atoms with Gasteiger partial charge in [-0.2, -0.15) is 0 Å². The summed E-state index contributed by atoms with van der Waals surface area (Å²) in [5, 5.41) is 3.39. The summed E-state index contributed by atoms with van der Waals surface area (Å²) in [7, 11) is 1.57. The van der Waals surface area contributed by atoms with Gasteiger partial charge in [-0.05, 0) is 36.8 Å². The first-order chi connectivity index (χ1) is 11.6. The molecule has 0 aliphatic carbocycles. The van der Waals surface area contributed by atoms with Gasteiger partial charge >= 0.3 is 0 Å². The molecule has 0 saturated carbocycles. The molecule has 1 heterocycles. The zero-order chi connectivity index (χ0) is 17.5. The van der Waals surface area contributed by atoms with E-state index in [1.54, 1.807) is 25.3 Å². The van der Waals surface area contributed by atoms with Gasteiger partial charge in [-0.3, -0.25) is 14.2 Å². The third-order valence-electron chi connectivity index (χ3n) is 3.83. The van der Waals surface area contributed by atoms with E-state index in [9.17, 15) is 9.59 Å². The highest BCUT2D eigenvalue weighted by Gasteiger charge is 2.10. The van der Waals surface area contributed by atoms with Gasteiger partial charge in [-0.1, -0.05) is 19.8 Å². The Morgan fingerprint density at radius 1 is 1.38 bits per heavy atom. The van der Waals surface area contributed by atoms with Crippen LogP contribution in [0.2, 0.25) is 0 Å². The summed E-state index contributed by atoms with van der Waals surface area (Å²) in [6.07, 6.45) is 3.16. The maximum Gasteiger partial charge on any atom is 0.262 e.